The van der Waals surface area contributed by atoms with E-state index in [0.717, 1.165) is 24.1 Å². The van der Waals surface area contributed by atoms with Crippen molar-refractivity contribution in [3.05, 3.63) is 47.8 Å². The molecule has 0 unspecified atom stereocenters. The molecule has 0 fully saturated rings. The number of benzene rings is 1. The average Bonchev–Trinajstić information content (AvgIpc) is 3.01. The lowest BCUT2D eigenvalue weighted by Gasteiger charge is -2.24. The van der Waals surface area contributed by atoms with E-state index < -0.39 is 0 Å². The van der Waals surface area contributed by atoms with Gasteiger partial charge in [-0.2, -0.15) is 0 Å². The molecule has 2 atom stereocenters. The molecule has 24 heavy (non-hydrogen) atoms. The zero-order chi connectivity index (χ0) is 16.9. The second-order valence-electron chi connectivity index (χ2n) is 6.59. The topological polar surface area (TPSA) is 69.0 Å². The SMILES string of the molecule is CC(C)[C@H]1CCc2cnnn2COC[C@@H](c2ccccc2)NC1=O. The van der Waals surface area contributed by atoms with E-state index in [1.165, 1.54) is 0 Å². The third-order valence-corrected chi connectivity index (χ3v) is 4.57. The molecule has 3 rings (SSSR count). The molecule has 2 aromatic rings. The predicted octanol–water partition coefficient (Wildman–Crippen LogP) is 2.33. The van der Waals surface area contributed by atoms with Gasteiger partial charge in [-0.05, 0) is 24.3 Å². The summed E-state index contributed by atoms with van der Waals surface area (Å²) < 4.78 is 7.58. The Hall–Kier alpha value is -2.21. The highest BCUT2D eigenvalue weighted by Gasteiger charge is 2.26. The Morgan fingerprint density at radius 3 is 2.83 bits per heavy atom. The number of fused-ring (bicyclic) bond motifs is 1. The summed E-state index contributed by atoms with van der Waals surface area (Å²) in [5, 5.41) is 11.2. The first-order chi connectivity index (χ1) is 11.6. The van der Waals surface area contributed by atoms with Crippen LogP contribution >= 0.6 is 0 Å². The number of carbonyl (C=O) groups is 1. The Morgan fingerprint density at radius 1 is 1.29 bits per heavy atom. The molecule has 0 bridgehead atoms. The molecular formula is C18H24N4O2. The summed E-state index contributed by atoms with van der Waals surface area (Å²) in [4.78, 5) is 12.8. The highest BCUT2D eigenvalue weighted by molar-refractivity contribution is 5.79. The summed E-state index contributed by atoms with van der Waals surface area (Å²) >= 11 is 0. The lowest BCUT2D eigenvalue weighted by atomic mass is 9.89. The van der Waals surface area contributed by atoms with E-state index in [0.29, 0.717) is 13.3 Å². The third-order valence-electron chi connectivity index (χ3n) is 4.57. The lowest BCUT2D eigenvalue weighted by molar-refractivity contribution is -0.127. The molecule has 0 saturated carbocycles. The summed E-state index contributed by atoms with van der Waals surface area (Å²) in [5.41, 5.74) is 2.05. The molecular weight excluding hydrogens is 304 g/mol. The van der Waals surface area contributed by atoms with Gasteiger partial charge in [0.2, 0.25) is 5.91 Å². The molecule has 6 heteroatoms. The van der Waals surface area contributed by atoms with E-state index in [9.17, 15) is 4.79 Å². The first-order valence-electron chi connectivity index (χ1n) is 8.45. The van der Waals surface area contributed by atoms with E-state index >= 15 is 0 Å². The molecule has 1 aromatic heterocycles. The van der Waals surface area contributed by atoms with Crippen LogP contribution in [0.3, 0.4) is 0 Å². The predicted molar refractivity (Wildman–Crippen MR) is 89.9 cm³/mol. The summed E-state index contributed by atoms with van der Waals surface area (Å²) in [6.07, 6.45) is 3.30. The zero-order valence-electron chi connectivity index (χ0n) is 14.2. The molecule has 6 nitrogen and oxygen atoms in total. The van der Waals surface area contributed by atoms with Crippen molar-refractivity contribution in [2.45, 2.75) is 39.5 Å². The minimum atomic E-state index is -0.162. The Morgan fingerprint density at radius 2 is 2.08 bits per heavy atom. The molecule has 1 N–H and O–H groups in total. The number of carbonyl (C=O) groups excluding carboxylic acids is 1. The number of nitrogens with zero attached hydrogens (tertiary/aromatic N) is 3. The van der Waals surface area contributed by atoms with E-state index in [1.807, 2.05) is 30.3 Å². The van der Waals surface area contributed by atoms with Gasteiger partial charge in [0.05, 0.1) is 24.5 Å². The lowest BCUT2D eigenvalue weighted by Crippen LogP contribution is -2.38. The molecule has 0 spiro atoms. The maximum atomic E-state index is 12.8. The number of hydrogen-bond acceptors (Lipinski definition) is 4. The fraction of sp³-hybridized carbons (Fsp3) is 0.500. The molecule has 2 heterocycles. The molecule has 0 radical (unpaired) electrons. The van der Waals surface area contributed by atoms with Crippen LogP contribution in [0, 0.1) is 11.8 Å². The van der Waals surface area contributed by atoms with Gasteiger partial charge in [-0.3, -0.25) is 4.79 Å². The molecule has 0 saturated heterocycles. The van der Waals surface area contributed by atoms with Crippen LogP contribution in [0.5, 0.6) is 0 Å². The molecule has 1 amide bonds. The van der Waals surface area contributed by atoms with Gasteiger partial charge in [-0.25, -0.2) is 4.68 Å². The van der Waals surface area contributed by atoms with Crippen molar-refractivity contribution in [3.8, 4) is 0 Å². The van der Waals surface area contributed by atoms with E-state index in [-0.39, 0.29) is 23.8 Å². The quantitative estimate of drug-likeness (QED) is 0.918. The van der Waals surface area contributed by atoms with Crippen molar-refractivity contribution in [1.82, 2.24) is 20.3 Å². The second kappa shape index (κ2) is 7.57. The molecule has 1 aliphatic heterocycles. The minimum Gasteiger partial charge on any atom is -0.357 e. The zero-order valence-corrected chi connectivity index (χ0v) is 14.2. The number of ether oxygens (including phenoxy) is 1. The monoisotopic (exact) mass is 328 g/mol. The smallest absolute Gasteiger partial charge is 0.223 e. The second-order valence-corrected chi connectivity index (χ2v) is 6.59. The Bertz CT molecular complexity index is 669. The Kier molecular flexibility index (Phi) is 5.25. The van der Waals surface area contributed by atoms with Gasteiger partial charge in [0.15, 0.2) is 0 Å². The van der Waals surface area contributed by atoms with Crippen LogP contribution in [0.25, 0.3) is 0 Å². The van der Waals surface area contributed by atoms with Crippen LogP contribution in [-0.2, 0) is 22.7 Å². The number of aryl methyl sites for hydroxylation is 1. The summed E-state index contributed by atoms with van der Waals surface area (Å²) in [6, 6.07) is 9.78. The van der Waals surface area contributed by atoms with E-state index in [1.54, 1.807) is 10.9 Å². The van der Waals surface area contributed by atoms with Gasteiger partial charge < -0.3 is 10.1 Å². The van der Waals surface area contributed by atoms with Crippen LogP contribution in [0.2, 0.25) is 0 Å². The van der Waals surface area contributed by atoms with Crippen LogP contribution in [0.1, 0.15) is 37.6 Å². The van der Waals surface area contributed by atoms with E-state index in [4.69, 9.17) is 4.74 Å². The minimum absolute atomic E-state index is 0.0438. The standard InChI is InChI=1S/C18H24N4O2/c1-13(2)16-9-8-15-10-19-21-22(15)12-24-11-17(20-18(16)23)14-6-4-3-5-7-14/h3-7,10,13,16-17H,8-9,11-12H2,1-2H3,(H,20,23)/t16-,17+/m1/s1. The fourth-order valence-corrected chi connectivity index (χ4v) is 3.09. The van der Waals surface area contributed by atoms with Crippen molar-refractivity contribution in [3.63, 3.8) is 0 Å². The number of hydrogen-bond donors (Lipinski definition) is 1. The molecule has 0 aliphatic carbocycles. The third kappa shape index (κ3) is 3.82. The van der Waals surface area contributed by atoms with Gasteiger partial charge >= 0.3 is 0 Å². The van der Waals surface area contributed by atoms with Crippen molar-refractivity contribution in [2.24, 2.45) is 11.8 Å². The Balaban J connectivity index is 1.86. The van der Waals surface area contributed by atoms with Gasteiger partial charge in [0.1, 0.15) is 6.73 Å². The summed E-state index contributed by atoms with van der Waals surface area (Å²) in [7, 11) is 0. The number of nitrogens with one attached hydrogen (secondary N) is 1. The fourth-order valence-electron chi connectivity index (χ4n) is 3.09. The van der Waals surface area contributed by atoms with Crippen LogP contribution in [0.15, 0.2) is 36.5 Å². The largest absolute Gasteiger partial charge is 0.357 e. The number of amides is 1. The maximum absolute atomic E-state index is 12.8. The van der Waals surface area contributed by atoms with Crippen LogP contribution in [0.4, 0.5) is 0 Å². The van der Waals surface area contributed by atoms with Crippen LogP contribution in [-0.4, -0.2) is 27.5 Å². The summed E-state index contributed by atoms with van der Waals surface area (Å²) in [5.74, 6) is 0.313. The van der Waals surface area contributed by atoms with Gasteiger partial charge in [-0.1, -0.05) is 49.4 Å². The maximum Gasteiger partial charge on any atom is 0.223 e. The van der Waals surface area contributed by atoms with Crippen LogP contribution < -0.4 is 5.32 Å². The highest BCUT2D eigenvalue weighted by Crippen LogP contribution is 2.22. The number of rotatable bonds is 2. The highest BCUT2D eigenvalue weighted by atomic mass is 16.5. The van der Waals surface area contributed by atoms with E-state index in [2.05, 4.69) is 29.5 Å². The van der Waals surface area contributed by atoms with Gasteiger partial charge in [-0.15, -0.1) is 5.10 Å². The first kappa shape index (κ1) is 16.6. The van der Waals surface area contributed by atoms with Crippen molar-refractivity contribution in [2.75, 3.05) is 6.61 Å². The summed E-state index contributed by atoms with van der Waals surface area (Å²) in [6.45, 7) is 4.93. The van der Waals surface area contributed by atoms with Crippen molar-refractivity contribution in [1.29, 1.82) is 0 Å². The van der Waals surface area contributed by atoms with Crippen molar-refractivity contribution >= 4 is 5.91 Å². The first-order valence-corrected chi connectivity index (χ1v) is 8.45. The van der Waals surface area contributed by atoms with Gasteiger partial charge in [0.25, 0.3) is 0 Å². The molecule has 1 aromatic carbocycles. The average molecular weight is 328 g/mol. The number of aromatic nitrogens is 3. The van der Waals surface area contributed by atoms with Gasteiger partial charge in [0, 0.05) is 5.92 Å². The molecule has 128 valence electrons. The molecule has 1 aliphatic rings. The normalized spacial score (nSPS) is 22.5. The van der Waals surface area contributed by atoms with Crippen molar-refractivity contribution < 1.29 is 9.53 Å². The Labute approximate surface area is 142 Å².